The molecular formula is C13H15F3N2O2S. The third-order valence-electron chi connectivity index (χ3n) is 2.47. The Morgan fingerprint density at radius 3 is 2.24 bits per heavy atom. The molecule has 4 nitrogen and oxygen atoms in total. The van der Waals surface area contributed by atoms with Crippen LogP contribution in [-0.4, -0.2) is 29.9 Å². The molecule has 1 aromatic carbocycles. The topological polar surface area (TPSA) is 58.2 Å². The second-order valence-electron chi connectivity index (χ2n) is 4.36. The van der Waals surface area contributed by atoms with E-state index >= 15 is 0 Å². The molecule has 0 radical (unpaired) electrons. The maximum atomic E-state index is 12.4. The summed E-state index contributed by atoms with van der Waals surface area (Å²) < 4.78 is 37.1. The van der Waals surface area contributed by atoms with Crippen molar-refractivity contribution in [2.45, 2.75) is 19.1 Å². The third-order valence-corrected chi connectivity index (χ3v) is 3.30. The van der Waals surface area contributed by atoms with Crippen LogP contribution in [0.2, 0.25) is 0 Å². The van der Waals surface area contributed by atoms with Crippen molar-refractivity contribution in [3.05, 3.63) is 29.8 Å². The van der Waals surface area contributed by atoms with Crippen LogP contribution in [0.1, 0.15) is 12.5 Å². The number of anilines is 1. The summed E-state index contributed by atoms with van der Waals surface area (Å²) in [5.41, 5.74) is -0.695. The van der Waals surface area contributed by atoms with Crippen LogP contribution < -0.4 is 10.6 Å². The summed E-state index contributed by atoms with van der Waals surface area (Å²) in [7, 11) is 0. The van der Waals surface area contributed by atoms with Gasteiger partial charge in [0.1, 0.15) is 0 Å². The maximum Gasteiger partial charge on any atom is 0.416 e. The molecule has 0 fully saturated rings. The molecule has 0 saturated heterocycles. The molecule has 1 atom stereocenters. The number of hydrogen-bond acceptors (Lipinski definition) is 3. The molecule has 1 aromatic rings. The summed E-state index contributed by atoms with van der Waals surface area (Å²) in [6.07, 6.45) is -2.57. The molecule has 1 rings (SSSR count). The molecule has 0 aliphatic rings. The minimum absolute atomic E-state index is 0.126. The monoisotopic (exact) mass is 320 g/mol. The molecule has 2 N–H and O–H groups in total. The number of nitrogens with one attached hydrogen (secondary N) is 2. The highest BCUT2D eigenvalue weighted by Crippen LogP contribution is 2.29. The first kappa shape index (κ1) is 17.4. The Hall–Kier alpha value is -1.70. The van der Waals surface area contributed by atoms with Gasteiger partial charge in [-0.3, -0.25) is 9.59 Å². The molecule has 1 unspecified atom stereocenters. The minimum atomic E-state index is -4.44. The van der Waals surface area contributed by atoms with Gasteiger partial charge in [-0.2, -0.15) is 24.9 Å². The van der Waals surface area contributed by atoms with Crippen LogP contribution in [0.15, 0.2) is 24.3 Å². The molecule has 116 valence electrons. The Bertz CT molecular complexity index is 503. The number of thioether (sulfide) groups is 1. The van der Waals surface area contributed by atoms with Crippen LogP contribution in [0.3, 0.4) is 0 Å². The van der Waals surface area contributed by atoms with Gasteiger partial charge in [0.15, 0.2) is 0 Å². The van der Waals surface area contributed by atoms with E-state index in [2.05, 4.69) is 10.6 Å². The van der Waals surface area contributed by atoms with Crippen molar-refractivity contribution in [3.8, 4) is 0 Å². The second kappa shape index (κ2) is 7.35. The molecule has 0 saturated carbocycles. The van der Waals surface area contributed by atoms with Gasteiger partial charge in [-0.05, 0) is 37.4 Å². The fraction of sp³-hybridized carbons (Fsp3) is 0.385. The van der Waals surface area contributed by atoms with E-state index in [4.69, 9.17) is 0 Å². The van der Waals surface area contributed by atoms with Crippen molar-refractivity contribution in [2.24, 2.45) is 0 Å². The van der Waals surface area contributed by atoms with Gasteiger partial charge in [0, 0.05) is 17.5 Å². The van der Waals surface area contributed by atoms with Gasteiger partial charge in [-0.1, -0.05) is 0 Å². The van der Waals surface area contributed by atoms with E-state index in [1.165, 1.54) is 11.8 Å². The molecule has 2 amide bonds. The lowest BCUT2D eigenvalue weighted by atomic mass is 10.2. The van der Waals surface area contributed by atoms with Crippen molar-refractivity contribution in [2.75, 3.05) is 17.3 Å². The van der Waals surface area contributed by atoms with Crippen LogP contribution in [0.25, 0.3) is 0 Å². The first-order chi connectivity index (χ1) is 9.74. The van der Waals surface area contributed by atoms with Crippen molar-refractivity contribution in [1.82, 2.24) is 5.32 Å². The number of amides is 2. The highest BCUT2D eigenvalue weighted by Gasteiger charge is 2.30. The summed E-state index contributed by atoms with van der Waals surface area (Å²) >= 11 is 1.52. The average Bonchev–Trinajstić information content (AvgIpc) is 2.38. The van der Waals surface area contributed by atoms with Gasteiger partial charge in [0.05, 0.1) is 5.56 Å². The Morgan fingerprint density at radius 1 is 1.19 bits per heavy atom. The Kier molecular flexibility index (Phi) is 6.07. The molecule has 0 aliphatic heterocycles. The number of alkyl halides is 3. The summed E-state index contributed by atoms with van der Waals surface area (Å²) in [5.74, 6) is -1.08. The molecule has 0 aromatic heterocycles. The van der Waals surface area contributed by atoms with E-state index in [1.54, 1.807) is 6.92 Å². The quantitative estimate of drug-likeness (QED) is 0.838. The van der Waals surface area contributed by atoms with Crippen LogP contribution in [0, 0.1) is 0 Å². The van der Waals surface area contributed by atoms with Crippen molar-refractivity contribution in [3.63, 3.8) is 0 Å². The highest BCUT2D eigenvalue weighted by molar-refractivity contribution is 7.98. The largest absolute Gasteiger partial charge is 0.416 e. The van der Waals surface area contributed by atoms with Crippen molar-refractivity contribution >= 4 is 29.3 Å². The molecule has 0 aliphatic carbocycles. The zero-order chi connectivity index (χ0) is 16.0. The lowest BCUT2D eigenvalue weighted by Gasteiger charge is -2.12. The van der Waals surface area contributed by atoms with E-state index in [9.17, 15) is 22.8 Å². The molecule has 0 bridgehead atoms. The number of carbonyl (C=O) groups excluding carboxylic acids is 2. The number of hydrogen-bond donors (Lipinski definition) is 2. The van der Waals surface area contributed by atoms with Crippen LogP contribution in [-0.2, 0) is 15.8 Å². The molecule has 0 heterocycles. The van der Waals surface area contributed by atoms with E-state index < -0.39 is 23.6 Å². The number of rotatable bonds is 4. The van der Waals surface area contributed by atoms with Crippen LogP contribution in [0.5, 0.6) is 0 Å². The summed E-state index contributed by atoms with van der Waals surface area (Å²) in [6.45, 7) is 1.75. The first-order valence-electron chi connectivity index (χ1n) is 6.02. The van der Waals surface area contributed by atoms with Crippen LogP contribution in [0.4, 0.5) is 18.9 Å². The standard InChI is InChI=1S/C13H15F3N2O2S/c1-8(7-21-2)17-11(19)12(20)18-10-5-3-9(4-6-10)13(14,15)16/h3-6,8H,7H2,1-2H3,(H,17,19)(H,18,20). The molecular weight excluding hydrogens is 305 g/mol. The van der Waals surface area contributed by atoms with Crippen molar-refractivity contribution in [1.29, 1.82) is 0 Å². The maximum absolute atomic E-state index is 12.4. The highest BCUT2D eigenvalue weighted by atomic mass is 32.2. The Balaban J connectivity index is 2.60. The van der Waals surface area contributed by atoms with Gasteiger partial charge in [0.2, 0.25) is 0 Å². The van der Waals surface area contributed by atoms with Gasteiger partial charge < -0.3 is 10.6 Å². The zero-order valence-electron chi connectivity index (χ0n) is 11.5. The third kappa shape index (κ3) is 5.66. The number of carbonyl (C=O) groups is 2. The second-order valence-corrected chi connectivity index (χ2v) is 5.27. The SMILES string of the molecule is CSCC(C)NC(=O)C(=O)Nc1ccc(C(F)(F)F)cc1. The van der Waals surface area contributed by atoms with E-state index in [-0.39, 0.29) is 11.7 Å². The smallest absolute Gasteiger partial charge is 0.345 e. The summed E-state index contributed by atoms with van der Waals surface area (Å²) in [4.78, 5) is 23.1. The Morgan fingerprint density at radius 2 is 1.76 bits per heavy atom. The van der Waals surface area contributed by atoms with E-state index in [0.717, 1.165) is 24.3 Å². The fourth-order valence-corrected chi connectivity index (χ4v) is 2.09. The van der Waals surface area contributed by atoms with Gasteiger partial charge in [-0.15, -0.1) is 0 Å². The first-order valence-corrected chi connectivity index (χ1v) is 7.41. The lowest BCUT2D eigenvalue weighted by Crippen LogP contribution is -2.41. The zero-order valence-corrected chi connectivity index (χ0v) is 12.3. The fourth-order valence-electron chi connectivity index (χ4n) is 1.51. The van der Waals surface area contributed by atoms with Crippen LogP contribution >= 0.6 is 11.8 Å². The average molecular weight is 320 g/mol. The summed E-state index contributed by atoms with van der Waals surface area (Å²) in [6, 6.07) is 3.69. The molecule has 21 heavy (non-hydrogen) atoms. The Labute approximate surface area is 124 Å². The van der Waals surface area contributed by atoms with E-state index in [0.29, 0.717) is 5.75 Å². The normalized spacial score (nSPS) is 12.6. The van der Waals surface area contributed by atoms with Gasteiger partial charge in [-0.25, -0.2) is 0 Å². The van der Waals surface area contributed by atoms with E-state index in [1.807, 2.05) is 6.26 Å². The lowest BCUT2D eigenvalue weighted by molar-refractivity contribution is -0.137. The van der Waals surface area contributed by atoms with Gasteiger partial charge in [0.25, 0.3) is 0 Å². The predicted molar refractivity (Wildman–Crippen MR) is 76.1 cm³/mol. The van der Waals surface area contributed by atoms with Crippen molar-refractivity contribution < 1.29 is 22.8 Å². The summed E-state index contributed by atoms with van der Waals surface area (Å²) in [5, 5.41) is 4.73. The predicted octanol–water partition coefficient (Wildman–Crippen LogP) is 2.51. The number of halogens is 3. The number of benzene rings is 1. The minimum Gasteiger partial charge on any atom is -0.345 e. The molecule has 8 heteroatoms. The molecule has 0 spiro atoms. The van der Waals surface area contributed by atoms with Gasteiger partial charge >= 0.3 is 18.0 Å².